The van der Waals surface area contributed by atoms with Gasteiger partial charge in [-0.05, 0) is 29.8 Å². The predicted molar refractivity (Wildman–Crippen MR) is 95.7 cm³/mol. The minimum absolute atomic E-state index is 0.221. The molecule has 0 saturated heterocycles. The van der Waals surface area contributed by atoms with E-state index in [1.807, 2.05) is 0 Å². The molecular formula is C18H15NO5S. The smallest absolute Gasteiger partial charge is 0.295 e. The summed E-state index contributed by atoms with van der Waals surface area (Å²) in [6.07, 6.45) is 1.55. The molecule has 3 aromatic rings. The monoisotopic (exact) mass is 357 g/mol. The fourth-order valence-electron chi connectivity index (χ4n) is 2.49. The number of ether oxygens (including phenoxy) is 1. The zero-order valence-corrected chi connectivity index (χ0v) is 14.1. The van der Waals surface area contributed by atoms with E-state index in [1.165, 1.54) is 0 Å². The topological polar surface area (TPSA) is 96.2 Å². The molecule has 2 N–H and O–H groups in total. The molecule has 3 aromatic carbocycles. The highest BCUT2D eigenvalue weighted by atomic mass is 32.2. The lowest BCUT2D eigenvalue weighted by molar-refractivity contribution is 0.415. The van der Waals surface area contributed by atoms with Crippen LogP contribution in [0.2, 0.25) is 0 Å². The summed E-state index contributed by atoms with van der Waals surface area (Å²) < 4.78 is 37.5. The highest BCUT2D eigenvalue weighted by Crippen LogP contribution is 2.39. The minimum atomic E-state index is -4.47. The molecule has 6 nitrogen and oxygen atoms in total. The molecule has 0 heterocycles. The van der Waals surface area contributed by atoms with Crippen LogP contribution >= 0.6 is 0 Å². The zero-order valence-electron chi connectivity index (χ0n) is 13.2. The van der Waals surface area contributed by atoms with Crippen molar-refractivity contribution in [3.05, 3.63) is 60.2 Å². The van der Waals surface area contributed by atoms with Gasteiger partial charge in [0.2, 0.25) is 0 Å². The lowest BCUT2D eigenvalue weighted by Gasteiger charge is -2.09. The van der Waals surface area contributed by atoms with Gasteiger partial charge in [-0.25, -0.2) is 0 Å². The van der Waals surface area contributed by atoms with Gasteiger partial charge in [0.15, 0.2) is 0 Å². The highest BCUT2D eigenvalue weighted by Gasteiger charge is 2.18. The van der Waals surface area contributed by atoms with E-state index in [2.05, 4.69) is 4.99 Å². The maximum Gasteiger partial charge on any atom is 0.295 e. The molecule has 0 atom stereocenters. The SMILES string of the molecule is COc1ccc(C=Nc2c(O)cc(S(=O)(=O)O)c3ccccc23)cc1. The van der Waals surface area contributed by atoms with Crippen molar-refractivity contribution in [2.24, 2.45) is 4.99 Å². The first kappa shape index (κ1) is 16.9. The highest BCUT2D eigenvalue weighted by molar-refractivity contribution is 7.86. The normalized spacial score (nSPS) is 11.9. The third kappa shape index (κ3) is 3.47. The summed E-state index contributed by atoms with van der Waals surface area (Å²) in [5.41, 5.74) is 1.00. The van der Waals surface area contributed by atoms with Crippen molar-refractivity contribution < 1.29 is 22.8 Å². The first-order chi connectivity index (χ1) is 11.9. The molecule has 0 radical (unpaired) electrons. The van der Waals surface area contributed by atoms with Gasteiger partial charge in [-0.1, -0.05) is 24.3 Å². The third-order valence-electron chi connectivity index (χ3n) is 3.69. The Morgan fingerprint density at radius 2 is 1.68 bits per heavy atom. The number of hydrogen-bond acceptors (Lipinski definition) is 5. The second-order valence-electron chi connectivity index (χ2n) is 5.29. The number of aromatic hydroxyl groups is 1. The average molecular weight is 357 g/mol. The molecule has 0 aliphatic carbocycles. The van der Waals surface area contributed by atoms with Crippen molar-refractivity contribution >= 4 is 32.8 Å². The van der Waals surface area contributed by atoms with Crippen molar-refractivity contribution in [3.63, 3.8) is 0 Å². The lowest BCUT2D eigenvalue weighted by Crippen LogP contribution is -1.99. The van der Waals surface area contributed by atoms with Gasteiger partial charge in [0.25, 0.3) is 10.1 Å². The number of fused-ring (bicyclic) bond motifs is 1. The number of methoxy groups -OCH3 is 1. The second-order valence-corrected chi connectivity index (χ2v) is 6.68. The average Bonchev–Trinajstić information content (AvgIpc) is 2.60. The molecule has 0 spiro atoms. The van der Waals surface area contributed by atoms with Gasteiger partial charge in [0.05, 0.1) is 7.11 Å². The Kier molecular flexibility index (Phi) is 4.43. The molecule has 0 aliphatic heterocycles. The Morgan fingerprint density at radius 3 is 2.28 bits per heavy atom. The number of nitrogens with zero attached hydrogens (tertiary/aromatic N) is 1. The summed E-state index contributed by atoms with van der Waals surface area (Å²) in [5.74, 6) is 0.374. The summed E-state index contributed by atoms with van der Waals surface area (Å²) in [4.78, 5) is 3.93. The second kappa shape index (κ2) is 6.54. The number of phenols is 1. The summed E-state index contributed by atoms with van der Waals surface area (Å²) in [6, 6.07) is 14.7. The van der Waals surface area contributed by atoms with Crippen LogP contribution in [-0.4, -0.2) is 31.4 Å². The third-order valence-corrected chi connectivity index (χ3v) is 4.59. The number of rotatable bonds is 4. The van der Waals surface area contributed by atoms with Gasteiger partial charge < -0.3 is 9.84 Å². The van der Waals surface area contributed by atoms with Gasteiger partial charge >= 0.3 is 0 Å². The van der Waals surface area contributed by atoms with Crippen LogP contribution in [-0.2, 0) is 10.1 Å². The molecule has 0 saturated carbocycles. The van der Waals surface area contributed by atoms with Crippen LogP contribution in [0, 0.1) is 0 Å². The van der Waals surface area contributed by atoms with Gasteiger partial charge in [-0.15, -0.1) is 0 Å². The van der Waals surface area contributed by atoms with Crippen LogP contribution < -0.4 is 4.74 Å². The van der Waals surface area contributed by atoms with Crippen LogP contribution in [0.15, 0.2) is 64.5 Å². The van der Waals surface area contributed by atoms with Gasteiger partial charge in [-0.2, -0.15) is 8.42 Å². The Labute approximate surface area is 144 Å². The summed E-state index contributed by atoms with van der Waals surface area (Å²) in [6.45, 7) is 0. The molecule has 25 heavy (non-hydrogen) atoms. The molecule has 0 fully saturated rings. The van der Waals surface area contributed by atoms with Crippen LogP contribution in [0.1, 0.15) is 5.56 Å². The predicted octanol–water partition coefficient (Wildman–Crippen LogP) is 3.55. The van der Waals surface area contributed by atoms with E-state index >= 15 is 0 Å². The summed E-state index contributed by atoms with van der Waals surface area (Å²) >= 11 is 0. The van der Waals surface area contributed by atoms with Crippen LogP contribution in [0.3, 0.4) is 0 Å². The fraction of sp³-hybridized carbons (Fsp3) is 0.0556. The quantitative estimate of drug-likeness (QED) is 0.550. The van der Waals surface area contributed by atoms with Gasteiger partial charge in [0, 0.05) is 23.1 Å². The zero-order chi connectivity index (χ0) is 18.0. The van der Waals surface area contributed by atoms with Gasteiger partial charge in [0.1, 0.15) is 22.1 Å². The molecule has 0 amide bonds. The first-order valence-electron chi connectivity index (χ1n) is 7.30. The molecular weight excluding hydrogens is 342 g/mol. The van der Waals surface area contributed by atoms with Crippen molar-refractivity contribution in [2.75, 3.05) is 7.11 Å². The lowest BCUT2D eigenvalue weighted by atomic mass is 10.1. The summed E-state index contributed by atoms with van der Waals surface area (Å²) in [5, 5.41) is 10.9. The Bertz CT molecular complexity index is 1060. The molecule has 3 rings (SSSR count). The van der Waals surface area contributed by atoms with Crippen LogP contribution in [0.5, 0.6) is 11.5 Å². The Balaban J connectivity index is 2.13. The van der Waals surface area contributed by atoms with E-state index in [9.17, 15) is 18.1 Å². The van der Waals surface area contributed by atoms with Crippen LogP contribution in [0.25, 0.3) is 10.8 Å². The molecule has 0 unspecified atom stereocenters. The molecule has 128 valence electrons. The van der Waals surface area contributed by atoms with E-state index in [0.29, 0.717) is 11.1 Å². The number of phenolic OH excluding ortho intramolecular Hbond substituents is 1. The molecule has 0 bridgehead atoms. The first-order valence-corrected chi connectivity index (χ1v) is 8.74. The largest absolute Gasteiger partial charge is 0.506 e. The Morgan fingerprint density at radius 1 is 1.04 bits per heavy atom. The maximum absolute atomic E-state index is 11.5. The molecule has 0 aliphatic rings. The van der Waals surface area contributed by atoms with Crippen molar-refractivity contribution in [1.82, 2.24) is 0 Å². The van der Waals surface area contributed by atoms with E-state index in [0.717, 1.165) is 11.6 Å². The number of benzene rings is 3. The van der Waals surface area contributed by atoms with Crippen LogP contribution in [0.4, 0.5) is 5.69 Å². The molecule has 7 heteroatoms. The number of hydrogen-bond donors (Lipinski definition) is 2. The fourth-order valence-corrected chi connectivity index (χ4v) is 3.21. The van der Waals surface area contributed by atoms with Crippen molar-refractivity contribution in [2.45, 2.75) is 4.90 Å². The Hall–Kier alpha value is -2.90. The standard InChI is InChI=1S/C18H15NO5S/c1-24-13-8-6-12(7-9-13)11-19-18-15-5-3-2-4-14(15)17(10-16(18)20)25(21,22)23/h2-11,20H,1H3,(H,21,22,23). The van der Waals surface area contributed by atoms with E-state index in [1.54, 1.807) is 61.9 Å². The van der Waals surface area contributed by atoms with E-state index in [4.69, 9.17) is 4.74 Å². The van der Waals surface area contributed by atoms with E-state index in [-0.39, 0.29) is 21.7 Å². The minimum Gasteiger partial charge on any atom is -0.506 e. The van der Waals surface area contributed by atoms with Crippen molar-refractivity contribution in [1.29, 1.82) is 0 Å². The van der Waals surface area contributed by atoms with E-state index < -0.39 is 10.1 Å². The van der Waals surface area contributed by atoms with Crippen molar-refractivity contribution in [3.8, 4) is 11.5 Å². The van der Waals surface area contributed by atoms with Gasteiger partial charge in [-0.3, -0.25) is 9.55 Å². The maximum atomic E-state index is 11.5. The molecule has 0 aromatic heterocycles. The summed E-state index contributed by atoms with van der Waals surface area (Å²) in [7, 11) is -2.90. The number of aliphatic imine (C=N–C) groups is 1.